The Morgan fingerprint density at radius 1 is 1.00 bits per heavy atom. The summed E-state index contributed by atoms with van der Waals surface area (Å²) in [7, 11) is 0. The van der Waals surface area contributed by atoms with Gasteiger partial charge >= 0.3 is 0 Å². The second kappa shape index (κ2) is 10.4. The van der Waals surface area contributed by atoms with Gasteiger partial charge in [0.2, 0.25) is 0 Å². The molecule has 0 aromatic heterocycles. The zero-order valence-corrected chi connectivity index (χ0v) is 11.3. The standard InChI is InChI=1S/C13H27NOS/c16-12-10-14-9-5-2-6-11-15-13-7-3-1-4-8-13/h13-14,16H,1-12H2. The molecule has 1 N–H and O–H groups in total. The van der Waals surface area contributed by atoms with E-state index in [1.54, 1.807) is 0 Å². The van der Waals surface area contributed by atoms with Gasteiger partial charge in [-0.1, -0.05) is 19.3 Å². The summed E-state index contributed by atoms with van der Waals surface area (Å²) in [6, 6.07) is 0. The number of nitrogens with one attached hydrogen (secondary N) is 1. The van der Waals surface area contributed by atoms with Crippen LogP contribution in [-0.2, 0) is 4.74 Å². The van der Waals surface area contributed by atoms with Crippen LogP contribution in [0, 0.1) is 0 Å². The van der Waals surface area contributed by atoms with E-state index >= 15 is 0 Å². The minimum absolute atomic E-state index is 0.580. The predicted octanol–water partition coefficient (Wildman–Crippen LogP) is 3.03. The summed E-state index contributed by atoms with van der Waals surface area (Å²) in [6.45, 7) is 3.13. The molecule has 0 aromatic rings. The molecule has 1 fully saturated rings. The van der Waals surface area contributed by atoms with Crippen LogP contribution in [0.5, 0.6) is 0 Å². The van der Waals surface area contributed by atoms with Gasteiger partial charge in [-0.2, -0.15) is 12.6 Å². The molecule has 1 aliphatic rings. The molecule has 1 saturated carbocycles. The first-order valence-corrected chi connectivity index (χ1v) is 7.50. The van der Waals surface area contributed by atoms with Gasteiger partial charge in [-0.15, -0.1) is 0 Å². The second-order valence-corrected chi connectivity index (χ2v) is 5.11. The maximum absolute atomic E-state index is 5.88. The van der Waals surface area contributed by atoms with Crippen molar-refractivity contribution in [2.24, 2.45) is 0 Å². The van der Waals surface area contributed by atoms with Gasteiger partial charge in [0, 0.05) is 18.9 Å². The quantitative estimate of drug-likeness (QED) is 0.481. The molecule has 0 bridgehead atoms. The topological polar surface area (TPSA) is 21.3 Å². The molecule has 0 spiro atoms. The van der Waals surface area contributed by atoms with Gasteiger partial charge in [0.15, 0.2) is 0 Å². The van der Waals surface area contributed by atoms with E-state index in [-0.39, 0.29) is 0 Å². The fourth-order valence-electron chi connectivity index (χ4n) is 2.21. The van der Waals surface area contributed by atoms with Crippen LogP contribution in [0.25, 0.3) is 0 Å². The molecular formula is C13H27NOS. The molecule has 3 heteroatoms. The van der Waals surface area contributed by atoms with E-state index in [4.69, 9.17) is 4.74 Å². The Morgan fingerprint density at radius 2 is 1.81 bits per heavy atom. The van der Waals surface area contributed by atoms with Gasteiger partial charge in [-0.05, 0) is 38.6 Å². The minimum Gasteiger partial charge on any atom is -0.378 e. The highest BCUT2D eigenvalue weighted by atomic mass is 32.1. The number of thiol groups is 1. The summed E-state index contributed by atoms with van der Waals surface area (Å²) in [5.41, 5.74) is 0. The molecular weight excluding hydrogens is 218 g/mol. The first-order valence-electron chi connectivity index (χ1n) is 6.86. The van der Waals surface area contributed by atoms with E-state index in [1.807, 2.05) is 0 Å². The Hall–Kier alpha value is 0.270. The first kappa shape index (κ1) is 14.3. The molecule has 0 aromatic carbocycles. The average molecular weight is 245 g/mol. The van der Waals surface area contributed by atoms with Crippen LogP contribution in [0.1, 0.15) is 51.4 Å². The summed E-state index contributed by atoms with van der Waals surface area (Å²) in [6.07, 6.45) is 11.1. The van der Waals surface area contributed by atoms with Gasteiger partial charge in [0.05, 0.1) is 6.10 Å². The van der Waals surface area contributed by atoms with Crippen molar-refractivity contribution in [3.63, 3.8) is 0 Å². The predicted molar refractivity (Wildman–Crippen MR) is 73.4 cm³/mol. The molecule has 0 heterocycles. The normalized spacial score (nSPS) is 17.8. The van der Waals surface area contributed by atoms with E-state index in [0.717, 1.165) is 25.4 Å². The fourth-order valence-corrected chi connectivity index (χ4v) is 2.37. The zero-order chi connectivity index (χ0) is 11.5. The van der Waals surface area contributed by atoms with E-state index in [9.17, 15) is 0 Å². The third-order valence-corrected chi connectivity index (χ3v) is 3.42. The molecule has 0 saturated heterocycles. The fraction of sp³-hybridized carbons (Fsp3) is 1.00. The molecule has 0 radical (unpaired) electrons. The van der Waals surface area contributed by atoms with Crippen LogP contribution in [0.3, 0.4) is 0 Å². The number of hydrogen-bond donors (Lipinski definition) is 2. The molecule has 0 aliphatic heterocycles. The zero-order valence-electron chi connectivity index (χ0n) is 10.4. The Labute approximate surface area is 106 Å². The van der Waals surface area contributed by atoms with Crippen molar-refractivity contribution in [3.8, 4) is 0 Å². The van der Waals surface area contributed by atoms with Crippen LogP contribution in [0.4, 0.5) is 0 Å². The van der Waals surface area contributed by atoms with Crippen molar-refractivity contribution in [3.05, 3.63) is 0 Å². The molecule has 0 unspecified atom stereocenters. The van der Waals surface area contributed by atoms with Crippen molar-refractivity contribution in [2.45, 2.75) is 57.5 Å². The van der Waals surface area contributed by atoms with Gasteiger partial charge in [-0.25, -0.2) is 0 Å². The smallest absolute Gasteiger partial charge is 0.0575 e. The van der Waals surface area contributed by atoms with E-state index < -0.39 is 0 Å². The van der Waals surface area contributed by atoms with Crippen molar-refractivity contribution in [1.29, 1.82) is 0 Å². The molecule has 1 rings (SSSR count). The van der Waals surface area contributed by atoms with Crippen molar-refractivity contribution < 1.29 is 4.74 Å². The third kappa shape index (κ3) is 7.53. The van der Waals surface area contributed by atoms with E-state index in [0.29, 0.717) is 6.10 Å². The average Bonchev–Trinajstić information content (AvgIpc) is 2.34. The lowest BCUT2D eigenvalue weighted by Gasteiger charge is -2.21. The van der Waals surface area contributed by atoms with Gasteiger partial charge in [0.1, 0.15) is 0 Å². The lowest BCUT2D eigenvalue weighted by atomic mass is 9.98. The highest BCUT2D eigenvalue weighted by Crippen LogP contribution is 2.20. The highest BCUT2D eigenvalue weighted by Gasteiger charge is 2.12. The highest BCUT2D eigenvalue weighted by molar-refractivity contribution is 7.80. The van der Waals surface area contributed by atoms with Crippen molar-refractivity contribution in [1.82, 2.24) is 5.32 Å². The minimum atomic E-state index is 0.580. The number of rotatable bonds is 9. The van der Waals surface area contributed by atoms with Crippen LogP contribution >= 0.6 is 12.6 Å². The van der Waals surface area contributed by atoms with Crippen LogP contribution in [-0.4, -0.2) is 31.6 Å². The van der Waals surface area contributed by atoms with Crippen LogP contribution < -0.4 is 5.32 Å². The van der Waals surface area contributed by atoms with Crippen molar-refractivity contribution >= 4 is 12.6 Å². The Bertz CT molecular complexity index is 149. The lowest BCUT2D eigenvalue weighted by molar-refractivity contribution is 0.0263. The first-order chi connectivity index (χ1) is 7.93. The molecule has 96 valence electrons. The van der Waals surface area contributed by atoms with Crippen LogP contribution in [0.15, 0.2) is 0 Å². The molecule has 0 atom stereocenters. The van der Waals surface area contributed by atoms with E-state index in [1.165, 1.54) is 51.4 Å². The Morgan fingerprint density at radius 3 is 2.56 bits per heavy atom. The third-order valence-electron chi connectivity index (χ3n) is 3.19. The number of hydrogen-bond acceptors (Lipinski definition) is 3. The number of ether oxygens (including phenoxy) is 1. The van der Waals surface area contributed by atoms with Crippen molar-refractivity contribution in [2.75, 3.05) is 25.4 Å². The summed E-state index contributed by atoms with van der Waals surface area (Å²) < 4.78 is 5.88. The molecule has 2 nitrogen and oxygen atoms in total. The summed E-state index contributed by atoms with van der Waals surface area (Å²) in [5, 5.41) is 3.36. The Balaban J connectivity index is 1.77. The molecule has 16 heavy (non-hydrogen) atoms. The maximum atomic E-state index is 5.88. The summed E-state index contributed by atoms with van der Waals surface area (Å²) in [5.74, 6) is 0.935. The molecule has 1 aliphatic carbocycles. The summed E-state index contributed by atoms with van der Waals surface area (Å²) >= 11 is 4.16. The van der Waals surface area contributed by atoms with Crippen LogP contribution in [0.2, 0.25) is 0 Å². The van der Waals surface area contributed by atoms with E-state index in [2.05, 4.69) is 17.9 Å². The molecule has 0 amide bonds. The largest absolute Gasteiger partial charge is 0.378 e. The monoisotopic (exact) mass is 245 g/mol. The Kier molecular flexibility index (Phi) is 9.34. The van der Waals surface area contributed by atoms with Gasteiger partial charge in [-0.3, -0.25) is 0 Å². The maximum Gasteiger partial charge on any atom is 0.0575 e. The number of unbranched alkanes of at least 4 members (excludes halogenated alkanes) is 2. The second-order valence-electron chi connectivity index (χ2n) is 4.67. The van der Waals surface area contributed by atoms with Gasteiger partial charge < -0.3 is 10.1 Å². The van der Waals surface area contributed by atoms with Gasteiger partial charge in [0.25, 0.3) is 0 Å². The lowest BCUT2D eigenvalue weighted by Crippen LogP contribution is -2.18. The summed E-state index contributed by atoms with van der Waals surface area (Å²) in [4.78, 5) is 0. The SMILES string of the molecule is SCCNCCCCCOC1CCCCC1.